The molecule has 1 aromatic carbocycles. The van der Waals surface area contributed by atoms with Gasteiger partial charge < -0.3 is 5.11 Å². The summed E-state index contributed by atoms with van der Waals surface area (Å²) in [5.41, 5.74) is 0.0162. The minimum Gasteiger partial charge on any atom is -0.502 e. The first-order chi connectivity index (χ1) is 4.72. The molecular formula is C6H6N2O2+. The molecule has 0 aliphatic heterocycles. The van der Waals surface area contributed by atoms with Crippen LogP contribution in [-0.2, 0) is 0 Å². The van der Waals surface area contributed by atoms with E-state index in [0.29, 0.717) is 0 Å². The van der Waals surface area contributed by atoms with Gasteiger partial charge in [-0.15, -0.1) is 0 Å². The molecule has 3 N–H and O–H groups in total. The third kappa shape index (κ3) is 1.05. The predicted octanol–water partition coefficient (Wildman–Crippen LogP) is 0.476. The number of nitroso groups, excluding NO2 is 1. The molecule has 1 aromatic rings. The molecule has 0 fully saturated rings. The number of aromatic hydroxyl groups is 1. The molecular weight excluding hydrogens is 132 g/mol. The number of hydrazine groups is 1. The first-order valence-electron chi connectivity index (χ1n) is 2.63. The minimum atomic E-state index is -0.142. The molecule has 0 aromatic heterocycles. The number of benzene rings is 1. The van der Waals surface area contributed by atoms with Gasteiger partial charge in [-0.2, -0.15) is 5.84 Å². The van der Waals surface area contributed by atoms with Crippen molar-refractivity contribution in [3.63, 3.8) is 0 Å². The van der Waals surface area contributed by atoms with Gasteiger partial charge in [0.25, 0.3) is 0 Å². The number of nitrogens with zero attached hydrogens (tertiary/aromatic N) is 1. The van der Waals surface area contributed by atoms with Crippen LogP contribution in [0.1, 0.15) is 0 Å². The summed E-state index contributed by atoms with van der Waals surface area (Å²) in [6.07, 6.45) is 0. The van der Waals surface area contributed by atoms with E-state index in [1.165, 1.54) is 18.2 Å². The van der Waals surface area contributed by atoms with Crippen molar-refractivity contribution in [2.24, 2.45) is 5.84 Å². The minimum absolute atomic E-state index is 0.0162. The highest BCUT2D eigenvalue weighted by Crippen LogP contribution is 2.21. The molecule has 0 heterocycles. The zero-order valence-electron chi connectivity index (χ0n) is 5.11. The third-order valence-electron chi connectivity index (χ3n) is 1.06. The van der Waals surface area contributed by atoms with E-state index >= 15 is 0 Å². The van der Waals surface area contributed by atoms with Gasteiger partial charge in [-0.05, 0) is 12.1 Å². The molecule has 0 atom stereocenters. The molecule has 0 saturated heterocycles. The monoisotopic (exact) mass is 138 g/mol. The molecule has 0 aliphatic carbocycles. The summed E-state index contributed by atoms with van der Waals surface area (Å²) in [6.45, 7) is 0. The second kappa shape index (κ2) is 2.34. The Labute approximate surface area is 57.4 Å². The molecule has 1 rings (SSSR count). The Morgan fingerprint density at radius 2 is 2.40 bits per heavy atom. The molecule has 0 aliphatic rings. The SMILES string of the molecule is N[N+](=O)c1c[c]ccc1O. The van der Waals surface area contributed by atoms with Crippen LogP contribution in [0, 0.1) is 11.0 Å². The molecule has 1 radical (unpaired) electrons. The maximum Gasteiger partial charge on any atom is 0.333 e. The highest BCUT2D eigenvalue weighted by atomic mass is 16.3. The fraction of sp³-hybridized carbons (Fsp3) is 0. The van der Waals surface area contributed by atoms with Gasteiger partial charge in [0.15, 0.2) is 10.6 Å². The van der Waals surface area contributed by atoms with Crippen molar-refractivity contribution < 1.29 is 9.98 Å². The topological polar surface area (TPSA) is 66.3 Å². The summed E-state index contributed by atoms with van der Waals surface area (Å²) in [7, 11) is 0. The fourth-order valence-corrected chi connectivity index (χ4v) is 0.590. The standard InChI is InChI=1S/C6H5N2O2/c7-8(10)5-3-1-2-4-6(5)9/h2-4H,(H2-,7,9,10)/p+1. The molecule has 0 unspecified atom stereocenters. The van der Waals surface area contributed by atoms with Crippen molar-refractivity contribution in [2.75, 3.05) is 0 Å². The lowest BCUT2D eigenvalue weighted by molar-refractivity contribution is -0.475. The highest BCUT2D eigenvalue weighted by Gasteiger charge is 2.12. The van der Waals surface area contributed by atoms with Crippen molar-refractivity contribution >= 4 is 5.69 Å². The van der Waals surface area contributed by atoms with Crippen LogP contribution in [0.5, 0.6) is 5.75 Å². The average Bonchev–Trinajstić information content (AvgIpc) is 1.88. The van der Waals surface area contributed by atoms with Gasteiger partial charge in [0.1, 0.15) is 0 Å². The van der Waals surface area contributed by atoms with E-state index in [1.54, 1.807) is 0 Å². The molecule has 4 nitrogen and oxygen atoms in total. The average molecular weight is 138 g/mol. The molecule has 10 heavy (non-hydrogen) atoms. The molecule has 0 bridgehead atoms. The van der Waals surface area contributed by atoms with E-state index in [2.05, 4.69) is 6.07 Å². The van der Waals surface area contributed by atoms with Gasteiger partial charge in [-0.25, -0.2) is 0 Å². The maximum absolute atomic E-state index is 10.4. The van der Waals surface area contributed by atoms with E-state index in [4.69, 9.17) is 10.9 Å². The quantitative estimate of drug-likeness (QED) is 0.337. The van der Waals surface area contributed by atoms with Crippen LogP contribution < -0.4 is 5.84 Å². The highest BCUT2D eigenvalue weighted by molar-refractivity contribution is 5.43. The van der Waals surface area contributed by atoms with E-state index in [-0.39, 0.29) is 16.3 Å². The van der Waals surface area contributed by atoms with E-state index in [0.717, 1.165) is 0 Å². The van der Waals surface area contributed by atoms with Crippen LogP contribution in [0.25, 0.3) is 0 Å². The second-order valence-electron chi connectivity index (χ2n) is 1.74. The lowest BCUT2D eigenvalue weighted by Crippen LogP contribution is -2.08. The Hall–Kier alpha value is -1.58. The van der Waals surface area contributed by atoms with E-state index < -0.39 is 0 Å². The fourth-order valence-electron chi connectivity index (χ4n) is 0.590. The van der Waals surface area contributed by atoms with Gasteiger partial charge in [0, 0.05) is 6.07 Å². The third-order valence-corrected chi connectivity index (χ3v) is 1.06. The summed E-state index contributed by atoms with van der Waals surface area (Å²) in [6, 6.07) is 6.74. The number of phenolic OH excluding ortho intramolecular Hbond substituents is 1. The van der Waals surface area contributed by atoms with Crippen LogP contribution >= 0.6 is 0 Å². The summed E-state index contributed by atoms with van der Waals surface area (Å²) >= 11 is 0. The van der Waals surface area contributed by atoms with Gasteiger partial charge in [-0.3, -0.25) is 0 Å². The van der Waals surface area contributed by atoms with Crippen LogP contribution in [0.3, 0.4) is 0 Å². The Morgan fingerprint density at radius 3 is 2.80 bits per heavy atom. The zero-order valence-corrected chi connectivity index (χ0v) is 5.11. The second-order valence-corrected chi connectivity index (χ2v) is 1.74. The smallest absolute Gasteiger partial charge is 0.333 e. The zero-order chi connectivity index (χ0) is 7.56. The molecule has 51 valence electrons. The van der Waals surface area contributed by atoms with Gasteiger partial charge in [0.05, 0.1) is 4.91 Å². The van der Waals surface area contributed by atoms with Crippen molar-refractivity contribution in [1.82, 2.24) is 0 Å². The molecule has 0 amide bonds. The van der Waals surface area contributed by atoms with Crippen LogP contribution in [-0.4, -0.2) is 9.98 Å². The Morgan fingerprint density at radius 1 is 1.70 bits per heavy atom. The largest absolute Gasteiger partial charge is 0.502 e. The lowest BCUT2D eigenvalue weighted by Gasteiger charge is -1.87. The number of rotatable bonds is 1. The maximum atomic E-state index is 10.4. The van der Waals surface area contributed by atoms with Gasteiger partial charge >= 0.3 is 5.69 Å². The van der Waals surface area contributed by atoms with Crippen LogP contribution in [0.2, 0.25) is 0 Å². The van der Waals surface area contributed by atoms with Crippen molar-refractivity contribution in [1.29, 1.82) is 0 Å². The van der Waals surface area contributed by atoms with E-state index in [9.17, 15) is 4.91 Å². The van der Waals surface area contributed by atoms with Crippen LogP contribution in [0.4, 0.5) is 5.69 Å². The Balaban J connectivity index is 3.15. The molecule has 4 heteroatoms. The van der Waals surface area contributed by atoms with Crippen molar-refractivity contribution in [3.8, 4) is 5.75 Å². The van der Waals surface area contributed by atoms with Crippen molar-refractivity contribution in [3.05, 3.63) is 29.2 Å². The summed E-state index contributed by atoms with van der Waals surface area (Å²) < 4.78 is 0. The van der Waals surface area contributed by atoms with Gasteiger partial charge in [0.2, 0.25) is 0 Å². The Bertz CT molecular complexity index is 260. The summed E-state index contributed by atoms with van der Waals surface area (Å²) in [4.78, 5) is 10.5. The lowest BCUT2D eigenvalue weighted by atomic mass is 10.3. The molecule has 0 spiro atoms. The van der Waals surface area contributed by atoms with Gasteiger partial charge in [-0.1, -0.05) is 6.07 Å². The first kappa shape index (κ1) is 6.54. The normalized spacial score (nSPS) is 9.20. The summed E-state index contributed by atoms with van der Waals surface area (Å²) in [5.74, 6) is 4.67. The number of hydrogen-bond acceptors (Lipinski definition) is 2. The summed E-state index contributed by atoms with van der Waals surface area (Å²) in [5, 5.41) is 8.94. The number of hydrogen-bond donors (Lipinski definition) is 2. The molecule has 0 saturated carbocycles. The van der Waals surface area contributed by atoms with Crippen LogP contribution in [0.15, 0.2) is 18.2 Å². The number of nitrogens with two attached hydrogens (primary N) is 1. The Kier molecular flexibility index (Phi) is 1.53. The predicted molar refractivity (Wildman–Crippen MR) is 34.4 cm³/mol. The first-order valence-corrected chi connectivity index (χ1v) is 2.63. The number of phenols is 1. The van der Waals surface area contributed by atoms with Crippen molar-refractivity contribution in [2.45, 2.75) is 0 Å². The van der Waals surface area contributed by atoms with E-state index in [1.807, 2.05) is 0 Å².